The number of hydrogen-bond donors (Lipinski definition) is 1. The molecule has 0 aliphatic rings. The highest BCUT2D eigenvalue weighted by molar-refractivity contribution is 5.00. The molecule has 0 amide bonds. The molecule has 0 unspecified atom stereocenters. The lowest BCUT2D eigenvalue weighted by Gasteiger charge is -2.17. The van der Waals surface area contributed by atoms with Crippen LogP contribution in [0.1, 0.15) is 46.0 Å². The summed E-state index contributed by atoms with van der Waals surface area (Å²) in [6.07, 6.45) is 6.09. The third-order valence-corrected chi connectivity index (χ3v) is 2.32. The fourth-order valence-corrected chi connectivity index (χ4v) is 1.64. The van der Waals surface area contributed by atoms with Crippen LogP contribution in [-0.2, 0) is 0 Å². The summed E-state index contributed by atoms with van der Waals surface area (Å²) in [6.45, 7) is 9.32. The van der Waals surface area contributed by atoms with Crippen molar-refractivity contribution in [1.29, 1.82) is 0 Å². The summed E-state index contributed by atoms with van der Waals surface area (Å²) >= 11 is 0. The zero-order chi connectivity index (χ0) is 9.40. The monoisotopic (exact) mass is 169 g/mol. The summed E-state index contributed by atoms with van der Waals surface area (Å²) in [5.41, 5.74) is 6.86. The van der Waals surface area contributed by atoms with Gasteiger partial charge in [0.2, 0.25) is 0 Å². The fourth-order valence-electron chi connectivity index (χ4n) is 1.64. The van der Waals surface area contributed by atoms with Crippen LogP contribution >= 0.6 is 0 Å². The fraction of sp³-hybridized carbons (Fsp3) is 0.818. The van der Waals surface area contributed by atoms with Gasteiger partial charge in [-0.2, -0.15) is 0 Å². The average molecular weight is 169 g/mol. The van der Waals surface area contributed by atoms with Crippen molar-refractivity contribution in [3.05, 3.63) is 12.2 Å². The van der Waals surface area contributed by atoms with E-state index in [1.165, 1.54) is 31.3 Å². The lowest BCUT2D eigenvalue weighted by molar-refractivity contribution is 0.492. The Morgan fingerprint density at radius 2 is 1.75 bits per heavy atom. The summed E-state index contributed by atoms with van der Waals surface area (Å²) in [6, 6.07) is 0. The van der Waals surface area contributed by atoms with Crippen molar-refractivity contribution in [1.82, 2.24) is 0 Å². The van der Waals surface area contributed by atoms with E-state index in [1.54, 1.807) is 0 Å². The van der Waals surface area contributed by atoms with Crippen molar-refractivity contribution in [2.75, 3.05) is 6.54 Å². The Hall–Kier alpha value is -0.300. The van der Waals surface area contributed by atoms with Crippen LogP contribution in [0.5, 0.6) is 0 Å². The van der Waals surface area contributed by atoms with E-state index < -0.39 is 0 Å². The van der Waals surface area contributed by atoms with Gasteiger partial charge in [-0.15, -0.1) is 0 Å². The molecule has 2 N–H and O–H groups in total. The summed E-state index contributed by atoms with van der Waals surface area (Å²) in [4.78, 5) is 0. The Morgan fingerprint density at radius 3 is 2.08 bits per heavy atom. The van der Waals surface area contributed by atoms with Crippen LogP contribution in [0, 0.1) is 5.92 Å². The lowest BCUT2D eigenvalue weighted by atomic mass is 9.89. The van der Waals surface area contributed by atoms with Crippen LogP contribution in [0.2, 0.25) is 0 Å². The van der Waals surface area contributed by atoms with Gasteiger partial charge >= 0.3 is 0 Å². The first-order chi connectivity index (χ1) is 5.76. The SMILES string of the molecule is C=C(CCN)C(CCC)CCC. The zero-order valence-electron chi connectivity index (χ0n) is 8.60. The molecule has 1 nitrogen and oxygen atoms in total. The predicted molar refractivity (Wildman–Crippen MR) is 56.1 cm³/mol. The van der Waals surface area contributed by atoms with Gasteiger partial charge in [-0.3, -0.25) is 0 Å². The minimum Gasteiger partial charge on any atom is -0.330 e. The van der Waals surface area contributed by atoms with Crippen molar-refractivity contribution >= 4 is 0 Å². The highest BCUT2D eigenvalue weighted by atomic mass is 14.5. The lowest BCUT2D eigenvalue weighted by Crippen LogP contribution is -2.08. The van der Waals surface area contributed by atoms with E-state index >= 15 is 0 Å². The maximum atomic E-state index is 5.50. The van der Waals surface area contributed by atoms with Gasteiger partial charge < -0.3 is 5.73 Å². The Labute approximate surface area is 77.0 Å². The number of rotatable bonds is 7. The van der Waals surface area contributed by atoms with Gasteiger partial charge in [0.05, 0.1) is 0 Å². The molecule has 1 heteroatoms. The van der Waals surface area contributed by atoms with Gasteiger partial charge in [-0.05, 0) is 31.7 Å². The van der Waals surface area contributed by atoms with E-state index in [9.17, 15) is 0 Å². The van der Waals surface area contributed by atoms with Crippen LogP contribution in [0.4, 0.5) is 0 Å². The van der Waals surface area contributed by atoms with Crippen LogP contribution in [-0.4, -0.2) is 6.54 Å². The molecule has 0 heterocycles. The molecule has 72 valence electrons. The van der Waals surface area contributed by atoms with Gasteiger partial charge in [0.15, 0.2) is 0 Å². The molecule has 0 aromatic carbocycles. The van der Waals surface area contributed by atoms with E-state index in [1.807, 2.05) is 0 Å². The normalized spacial score (nSPS) is 10.7. The first-order valence-electron chi connectivity index (χ1n) is 5.13. The van der Waals surface area contributed by atoms with Crippen molar-refractivity contribution in [3.63, 3.8) is 0 Å². The standard InChI is InChI=1S/C11H23N/c1-4-6-11(7-5-2)10(3)8-9-12/h11H,3-9,12H2,1-2H3. The van der Waals surface area contributed by atoms with Crippen molar-refractivity contribution in [2.45, 2.75) is 46.0 Å². The van der Waals surface area contributed by atoms with Crippen molar-refractivity contribution in [2.24, 2.45) is 11.7 Å². The third kappa shape index (κ3) is 4.55. The number of hydrogen-bond acceptors (Lipinski definition) is 1. The molecule has 0 saturated carbocycles. The summed E-state index contributed by atoms with van der Waals surface area (Å²) in [5.74, 6) is 0.726. The maximum absolute atomic E-state index is 5.50. The molecule has 0 aromatic heterocycles. The van der Waals surface area contributed by atoms with E-state index in [2.05, 4.69) is 20.4 Å². The third-order valence-electron chi connectivity index (χ3n) is 2.32. The van der Waals surface area contributed by atoms with Crippen LogP contribution < -0.4 is 5.73 Å². The predicted octanol–water partition coefficient (Wildman–Crippen LogP) is 3.11. The molecule has 0 fully saturated rings. The smallest absolute Gasteiger partial charge is 0.00399 e. The second-order valence-electron chi connectivity index (χ2n) is 3.47. The minimum absolute atomic E-state index is 0.726. The topological polar surface area (TPSA) is 26.0 Å². The van der Waals surface area contributed by atoms with E-state index in [0.29, 0.717) is 0 Å². The molecule has 0 radical (unpaired) electrons. The van der Waals surface area contributed by atoms with Crippen LogP contribution in [0.3, 0.4) is 0 Å². The first-order valence-corrected chi connectivity index (χ1v) is 5.13. The molecular formula is C11H23N. The molecule has 0 saturated heterocycles. The van der Waals surface area contributed by atoms with Crippen molar-refractivity contribution < 1.29 is 0 Å². The molecule has 0 bridgehead atoms. The second-order valence-corrected chi connectivity index (χ2v) is 3.47. The molecule has 0 aliphatic carbocycles. The van der Waals surface area contributed by atoms with Crippen molar-refractivity contribution in [3.8, 4) is 0 Å². The largest absolute Gasteiger partial charge is 0.330 e. The van der Waals surface area contributed by atoms with Crippen LogP contribution in [0.25, 0.3) is 0 Å². The van der Waals surface area contributed by atoms with Gasteiger partial charge in [-0.1, -0.05) is 38.8 Å². The summed E-state index contributed by atoms with van der Waals surface area (Å²) < 4.78 is 0. The first kappa shape index (κ1) is 11.7. The van der Waals surface area contributed by atoms with Gasteiger partial charge in [0.25, 0.3) is 0 Å². The molecular weight excluding hydrogens is 146 g/mol. The zero-order valence-corrected chi connectivity index (χ0v) is 8.60. The molecule has 12 heavy (non-hydrogen) atoms. The summed E-state index contributed by atoms with van der Waals surface area (Å²) in [7, 11) is 0. The quantitative estimate of drug-likeness (QED) is 0.582. The molecule has 0 spiro atoms. The number of nitrogens with two attached hydrogens (primary N) is 1. The highest BCUT2D eigenvalue weighted by Crippen LogP contribution is 2.22. The van der Waals surface area contributed by atoms with E-state index in [4.69, 9.17) is 5.73 Å². The Kier molecular flexibility index (Phi) is 7.17. The van der Waals surface area contributed by atoms with E-state index in [-0.39, 0.29) is 0 Å². The molecule has 0 aromatic rings. The second kappa shape index (κ2) is 7.35. The van der Waals surface area contributed by atoms with Gasteiger partial charge in [0, 0.05) is 0 Å². The molecule has 0 aliphatic heterocycles. The molecule has 0 rings (SSSR count). The highest BCUT2D eigenvalue weighted by Gasteiger charge is 2.09. The average Bonchev–Trinajstić information content (AvgIpc) is 2.04. The Balaban J connectivity index is 3.81. The minimum atomic E-state index is 0.726. The Bertz CT molecular complexity index is 112. The maximum Gasteiger partial charge on any atom is -0.00399 e. The van der Waals surface area contributed by atoms with E-state index in [0.717, 1.165) is 18.9 Å². The van der Waals surface area contributed by atoms with Gasteiger partial charge in [-0.25, -0.2) is 0 Å². The van der Waals surface area contributed by atoms with Gasteiger partial charge in [0.1, 0.15) is 0 Å². The summed E-state index contributed by atoms with van der Waals surface area (Å²) in [5, 5.41) is 0. The molecule has 0 atom stereocenters. The Morgan fingerprint density at radius 1 is 1.25 bits per heavy atom. The van der Waals surface area contributed by atoms with Crippen LogP contribution in [0.15, 0.2) is 12.2 Å².